The molecule has 2 heterocycles. The number of nitrogens with zero attached hydrogens (tertiary/aromatic N) is 3. The van der Waals surface area contributed by atoms with E-state index in [1.165, 1.54) is 4.90 Å². The van der Waals surface area contributed by atoms with Crippen LogP contribution in [0.3, 0.4) is 0 Å². The highest BCUT2D eigenvalue weighted by Crippen LogP contribution is 2.22. The number of hydrogen-bond acceptors (Lipinski definition) is 5. The molecule has 1 saturated heterocycles. The summed E-state index contributed by atoms with van der Waals surface area (Å²) in [6, 6.07) is -0.700. The van der Waals surface area contributed by atoms with Crippen LogP contribution in [0.1, 0.15) is 28.2 Å². The summed E-state index contributed by atoms with van der Waals surface area (Å²) < 4.78 is 3.68. The van der Waals surface area contributed by atoms with Gasteiger partial charge in [-0.15, -0.1) is 5.10 Å². The van der Waals surface area contributed by atoms with Crippen LogP contribution >= 0.6 is 11.5 Å². The van der Waals surface area contributed by atoms with Crippen molar-refractivity contribution in [2.45, 2.75) is 25.8 Å². The Morgan fingerprint density at radius 3 is 2.88 bits per heavy atom. The van der Waals surface area contributed by atoms with Crippen molar-refractivity contribution in [3.63, 3.8) is 0 Å². The predicted molar refractivity (Wildman–Crippen MR) is 56.3 cm³/mol. The maximum Gasteiger partial charge on any atom is 0.326 e. The third-order valence-electron chi connectivity index (χ3n) is 2.64. The summed E-state index contributed by atoms with van der Waals surface area (Å²) in [6.45, 7) is 2.19. The zero-order valence-electron chi connectivity index (χ0n) is 8.71. The molecule has 1 fully saturated rings. The van der Waals surface area contributed by atoms with Crippen LogP contribution in [0.5, 0.6) is 0 Å². The average Bonchev–Trinajstić information content (AvgIpc) is 2.84. The number of aliphatic carboxylic acids is 1. The lowest BCUT2D eigenvalue weighted by Gasteiger charge is -2.20. The molecular weight excluding hydrogens is 230 g/mol. The van der Waals surface area contributed by atoms with Crippen molar-refractivity contribution in [2.75, 3.05) is 6.54 Å². The Bertz CT molecular complexity index is 431. The molecule has 1 aromatic heterocycles. The summed E-state index contributed by atoms with van der Waals surface area (Å²) in [7, 11) is 0. The van der Waals surface area contributed by atoms with Crippen molar-refractivity contribution >= 4 is 23.4 Å². The van der Waals surface area contributed by atoms with Crippen molar-refractivity contribution in [2.24, 2.45) is 0 Å². The number of amides is 1. The summed E-state index contributed by atoms with van der Waals surface area (Å²) in [5.41, 5.74) is 0.561. The van der Waals surface area contributed by atoms with Crippen molar-refractivity contribution < 1.29 is 14.7 Å². The topological polar surface area (TPSA) is 83.4 Å². The number of hydrogen-bond donors (Lipinski definition) is 1. The minimum absolute atomic E-state index is 0.266. The second-order valence-electron chi connectivity index (χ2n) is 3.68. The summed E-state index contributed by atoms with van der Waals surface area (Å²) in [5, 5.41) is 12.7. The SMILES string of the molecule is Cc1nnsc1C(=O)N1CCC[C@@H]1C(=O)O. The quantitative estimate of drug-likeness (QED) is 0.816. The minimum atomic E-state index is -0.944. The standard InChI is InChI=1S/C9H11N3O3S/c1-5-7(16-11-10-5)8(13)12-4-2-3-6(12)9(14)15/h6H,2-4H2,1H3,(H,14,15)/t6-/m1/s1. The van der Waals surface area contributed by atoms with Gasteiger partial charge >= 0.3 is 5.97 Å². The molecule has 2 rings (SSSR count). The summed E-state index contributed by atoms with van der Waals surface area (Å²) in [6.07, 6.45) is 1.25. The Hall–Kier alpha value is -1.50. The van der Waals surface area contributed by atoms with E-state index in [2.05, 4.69) is 9.59 Å². The van der Waals surface area contributed by atoms with Crippen LogP contribution in [0.25, 0.3) is 0 Å². The van der Waals surface area contributed by atoms with Crippen LogP contribution in [0, 0.1) is 6.92 Å². The largest absolute Gasteiger partial charge is 0.480 e. The summed E-state index contributed by atoms with van der Waals surface area (Å²) >= 11 is 1.01. The lowest BCUT2D eigenvalue weighted by Crippen LogP contribution is -2.40. The Kier molecular flexibility index (Phi) is 2.86. The molecule has 1 amide bonds. The monoisotopic (exact) mass is 241 g/mol. The van der Waals surface area contributed by atoms with Gasteiger partial charge in [-0.25, -0.2) is 4.79 Å². The Labute approximate surface area is 96.0 Å². The molecule has 0 spiro atoms. The van der Waals surface area contributed by atoms with Crippen LogP contribution in [-0.2, 0) is 4.79 Å². The van der Waals surface area contributed by atoms with Crippen LogP contribution in [0.4, 0.5) is 0 Å². The minimum Gasteiger partial charge on any atom is -0.480 e. The maximum atomic E-state index is 12.0. The molecule has 0 unspecified atom stereocenters. The van der Waals surface area contributed by atoms with Crippen LogP contribution in [0.2, 0.25) is 0 Å². The number of aromatic nitrogens is 2. The first-order valence-corrected chi connectivity index (χ1v) is 5.71. The summed E-state index contributed by atoms with van der Waals surface area (Å²) in [4.78, 5) is 24.8. The Morgan fingerprint density at radius 1 is 1.56 bits per heavy atom. The van der Waals surface area contributed by atoms with Gasteiger partial charge in [-0.1, -0.05) is 4.49 Å². The Morgan fingerprint density at radius 2 is 2.31 bits per heavy atom. The van der Waals surface area contributed by atoms with Gasteiger partial charge in [0.1, 0.15) is 10.9 Å². The van der Waals surface area contributed by atoms with Gasteiger partial charge in [0, 0.05) is 6.54 Å². The van der Waals surface area contributed by atoms with Crippen molar-refractivity contribution in [3.05, 3.63) is 10.6 Å². The number of carboxylic acid groups (broad SMARTS) is 1. The molecule has 0 radical (unpaired) electrons. The van der Waals surface area contributed by atoms with E-state index in [0.29, 0.717) is 23.5 Å². The third-order valence-corrected chi connectivity index (χ3v) is 3.46. The molecule has 0 aliphatic carbocycles. The molecule has 16 heavy (non-hydrogen) atoms. The molecule has 86 valence electrons. The highest BCUT2D eigenvalue weighted by molar-refractivity contribution is 7.07. The molecule has 6 nitrogen and oxygen atoms in total. The van der Waals surface area contributed by atoms with Crippen LogP contribution in [-0.4, -0.2) is 44.1 Å². The van der Waals surface area contributed by atoms with E-state index in [4.69, 9.17) is 5.11 Å². The highest BCUT2D eigenvalue weighted by atomic mass is 32.1. The zero-order valence-corrected chi connectivity index (χ0v) is 9.53. The number of aryl methyl sites for hydroxylation is 1. The molecule has 7 heteroatoms. The van der Waals surface area contributed by atoms with Gasteiger partial charge in [0.05, 0.1) is 5.69 Å². The molecule has 0 bridgehead atoms. The van der Waals surface area contributed by atoms with Gasteiger partial charge in [-0.2, -0.15) is 0 Å². The molecule has 1 aliphatic heterocycles. The second-order valence-corrected chi connectivity index (χ2v) is 4.44. The molecule has 1 N–H and O–H groups in total. The fraction of sp³-hybridized carbons (Fsp3) is 0.556. The fourth-order valence-corrected chi connectivity index (χ4v) is 2.44. The van der Waals surface area contributed by atoms with Gasteiger partial charge in [-0.3, -0.25) is 4.79 Å². The zero-order chi connectivity index (χ0) is 11.7. The highest BCUT2D eigenvalue weighted by Gasteiger charge is 2.35. The smallest absolute Gasteiger partial charge is 0.326 e. The molecule has 1 aromatic rings. The van der Waals surface area contributed by atoms with E-state index in [-0.39, 0.29) is 5.91 Å². The van der Waals surface area contributed by atoms with Crippen LogP contribution in [0.15, 0.2) is 0 Å². The van der Waals surface area contributed by atoms with Crippen molar-refractivity contribution in [1.82, 2.24) is 14.5 Å². The number of likely N-dealkylation sites (tertiary alicyclic amines) is 1. The molecule has 0 aromatic carbocycles. The van der Waals surface area contributed by atoms with E-state index < -0.39 is 12.0 Å². The first-order valence-electron chi connectivity index (χ1n) is 4.94. The van der Waals surface area contributed by atoms with E-state index in [1.807, 2.05) is 0 Å². The molecule has 1 atom stereocenters. The van der Waals surface area contributed by atoms with Gasteiger partial charge in [-0.05, 0) is 31.3 Å². The van der Waals surface area contributed by atoms with Gasteiger partial charge in [0.25, 0.3) is 5.91 Å². The number of carbonyl (C=O) groups excluding carboxylic acids is 1. The van der Waals surface area contributed by atoms with E-state index in [9.17, 15) is 9.59 Å². The first-order chi connectivity index (χ1) is 7.61. The van der Waals surface area contributed by atoms with Gasteiger partial charge < -0.3 is 10.0 Å². The van der Waals surface area contributed by atoms with Crippen LogP contribution < -0.4 is 0 Å². The number of rotatable bonds is 2. The second kappa shape index (κ2) is 4.17. The van der Waals surface area contributed by atoms with E-state index in [0.717, 1.165) is 18.0 Å². The third kappa shape index (κ3) is 1.78. The van der Waals surface area contributed by atoms with Crippen molar-refractivity contribution in [1.29, 1.82) is 0 Å². The normalized spacial score (nSPS) is 20.1. The van der Waals surface area contributed by atoms with Crippen molar-refractivity contribution in [3.8, 4) is 0 Å². The Balaban J connectivity index is 2.22. The predicted octanol–water partition coefficient (Wildman–Crippen LogP) is 0.536. The molecule has 1 aliphatic rings. The fourth-order valence-electron chi connectivity index (χ4n) is 1.82. The first kappa shape index (κ1) is 11.0. The average molecular weight is 241 g/mol. The van der Waals surface area contributed by atoms with E-state index >= 15 is 0 Å². The van der Waals surface area contributed by atoms with Gasteiger partial charge in [0.2, 0.25) is 0 Å². The maximum absolute atomic E-state index is 12.0. The van der Waals surface area contributed by atoms with Gasteiger partial charge in [0.15, 0.2) is 0 Å². The van der Waals surface area contributed by atoms with E-state index in [1.54, 1.807) is 6.92 Å². The lowest BCUT2D eigenvalue weighted by molar-refractivity contribution is -0.141. The number of carboxylic acids is 1. The number of carbonyl (C=O) groups is 2. The summed E-state index contributed by atoms with van der Waals surface area (Å²) in [5.74, 6) is -1.21. The molecular formula is C9H11N3O3S. The lowest BCUT2D eigenvalue weighted by atomic mass is 10.2. The molecule has 0 saturated carbocycles.